The Labute approximate surface area is 308 Å². The summed E-state index contributed by atoms with van der Waals surface area (Å²) in [6.45, 7) is 13.1. The first-order chi connectivity index (χ1) is 23.6. The van der Waals surface area contributed by atoms with Gasteiger partial charge in [-0.1, -0.05) is 97.8 Å². The average molecular weight is 830 g/mol. The van der Waals surface area contributed by atoms with E-state index in [-0.39, 0.29) is 25.5 Å². The standard InChI is InChI=1S/C25H21N2O.C20H18N.Ir/c1-25(2,3)15-16-11-13-27-22(14-16)20-7-4-6-17-18-9-10-21-19(8-5-12-26-21)24(18)28-23(17)20;1-14-9-10-18(20-11-15(2)16(3)13-21-20)12-19(14)17-7-5-4-6-8-17;/h4-6,8-14H,15H2,1-3H3;4-9,11-13H,1-3H3;/q2*-1;. The van der Waals surface area contributed by atoms with E-state index in [9.17, 15) is 0 Å². The van der Waals surface area contributed by atoms with Crippen molar-refractivity contribution in [1.82, 2.24) is 15.0 Å². The number of furan rings is 1. The van der Waals surface area contributed by atoms with Gasteiger partial charge in [0.2, 0.25) is 0 Å². The first-order valence-corrected chi connectivity index (χ1v) is 16.7. The van der Waals surface area contributed by atoms with Crippen LogP contribution >= 0.6 is 0 Å². The molecule has 4 aromatic heterocycles. The van der Waals surface area contributed by atoms with Crippen LogP contribution in [0.2, 0.25) is 0 Å². The van der Waals surface area contributed by atoms with Crippen LogP contribution in [0.25, 0.3) is 66.5 Å². The van der Waals surface area contributed by atoms with Crippen LogP contribution in [0.4, 0.5) is 0 Å². The van der Waals surface area contributed by atoms with E-state index in [0.717, 1.165) is 61.8 Å². The molecule has 4 heterocycles. The maximum Gasteiger partial charge on any atom is 0.130 e. The van der Waals surface area contributed by atoms with Crippen molar-refractivity contribution in [3.63, 3.8) is 0 Å². The van der Waals surface area contributed by atoms with Gasteiger partial charge < -0.3 is 14.4 Å². The molecule has 4 nitrogen and oxygen atoms in total. The smallest absolute Gasteiger partial charge is 0.130 e. The van der Waals surface area contributed by atoms with E-state index in [0.29, 0.717) is 0 Å². The van der Waals surface area contributed by atoms with Crippen LogP contribution in [0.5, 0.6) is 0 Å². The van der Waals surface area contributed by atoms with E-state index in [1.165, 1.54) is 33.4 Å². The Morgan fingerprint density at radius 1 is 0.660 bits per heavy atom. The van der Waals surface area contributed by atoms with Gasteiger partial charge in [-0.15, -0.1) is 47.5 Å². The second kappa shape index (κ2) is 14.5. The summed E-state index contributed by atoms with van der Waals surface area (Å²) in [5, 5.41) is 3.20. The van der Waals surface area contributed by atoms with Crippen LogP contribution < -0.4 is 0 Å². The molecule has 8 aromatic rings. The molecule has 0 aliphatic carbocycles. The van der Waals surface area contributed by atoms with Crippen molar-refractivity contribution in [2.24, 2.45) is 5.41 Å². The minimum atomic E-state index is 0. The molecule has 8 rings (SSSR count). The zero-order chi connectivity index (χ0) is 34.1. The minimum Gasteiger partial charge on any atom is -0.500 e. The van der Waals surface area contributed by atoms with Gasteiger partial charge in [0, 0.05) is 49.5 Å². The fraction of sp³-hybridized carbons (Fsp3) is 0.178. The molecule has 4 aromatic carbocycles. The van der Waals surface area contributed by atoms with Crippen molar-refractivity contribution in [2.75, 3.05) is 0 Å². The molecule has 1 radical (unpaired) electrons. The van der Waals surface area contributed by atoms with Gasteiger partial charge in [0.05, 0.1) is 11.1 Å². The summed E-state index contributed by atoms with van der Waals surface area (Å²) in [6, 6.07) is 39.9. The Kier molecular flexibility index (Phi) is 10.1. The number of hydrogen-bond donors (Lipinski definition) is 0. The third kappa shape index (κ3) is 7.31. The van der Waals surface area contributed by atoms with Crippen LogP contribution in [0.1, 0.15) is 43.0 Å². The summed E-state index contributed by atoms with van der Waals surface area (Å²) in [5.41, 5.74) is 14.1. The number of aryl methyl sites for hydroxylation is 3. The molecule has 0 saturated heterocycles. The number of fused-ring (bicyclic) bond motifs is 5. The van der Waals surface area contributed by atoms with Crippen molar-refractivity contribution in [3.05, 3.63) is 150 Å². The number of benzene rings is 4. The number of aromatic nitrogens is 3. The van der Waals surface area contributed by atoms with Crippen LogP contribution in [0.15, 0.2) is 120 Å². The number of rotatable bonds is 4. The van der Waals surface area contributed by atoms with E-state index in [1.807, 2.05) is 36.7 Å². The zero-order valence-electron chi connectivity index (χ0n) is 29.3. The second-order valence-corrected chi connectivity index (χ2v) is 14.0. The molecule has 0 atom stereocenters. The van der Waals surface area contributed by atoms with Gasteiger partial charge in [-0.2, -0.15) is 0 Å². The van der Waals surface area contributed by atoms with Crippen LogP contribution in [0, 0.1) is 38.3 Å². The molecule has 0 aliphatic rings. The molecular weight excluding hydrogens is 791 g/mol. The van der Waals surface area contributed by atoms with Crippen LogP contribution in [0.3, 0.4) is 0 Å². The van der Waals surface area contributed by atoms with Crippen molar-refractivity contribution in [1.29, 1.82) is 0 Å². The van der Waals surface area contributed by atoms with E-state index < -0.39 is 0 Å². The molecule has 0 N–H and O–H groups in total. The molecular formula is C45H39IrN3O-2. The summed E-state index contributed by atoms with van der Waals surface area (Å²) in [4.78, 5) is 13.6. The van der Waals surface area contributed by atoms with E-state index >= 15 is 0 Å². The van der Waals surface area contributed by atoms with Gasteiger partial charge in [-0.3, -0.25) is 4.98 Å². The van der Waals surface area contributed by atoms with E-state index in [4.69, 9.17) is 4.42 Å². The first kappa shape index (κ1) is 34.9. The van der Waals surface area contributed by atoms with Crippen LogP contribution in [-0.2, 0) is 26.5 Å². The van der Waals surface area contributed by atoms with Gasteiger partial charge in [0.1, 0.15) is 5.58 Å². The number of nitrogens with zero attached hydrogens (tertiary/aromatic N) is 3. The van der Waals surface area contributed by atoms with Gasteiger partial charge >= 0.3 is 0 Å². The predicted octanol–water partition coefficient (Wildman–Crippen LogP) is 11.7. The van der Waals surface area contributed by atoms with Crippen molar-refractivity contribution >= 4 is 32.8 Å². The molecule has 251 valence electrons. The van der Waals surface area contributed by atoms with Crippen LogP contribution in [-0.4, -0.2) is 15.0 Å². The largest absolute Gasteiger partial charge is 0.500 e. The summed E-state index contributed by atoms with van der Waals surface area (Å²) < 4.78 is 6.38. The molecule has 0 spiro atoms. The van der Waals surface area contributed by atoms with E-state index in [2.05, 4.69) is 141 Å². The fourth-order valence-electron chi connectivity index (χ4n) is 6.29. The molecule has 0 amide bonds. The molecule has 0 aliphatic heterocycles. The second-order valence-electron chi connectivity index (χ2n) is 14.0. The summed E-state index contributed by atoms with van der Waals surface area (Å²) in [5.74, 6) is 0. The Bertz CT molecular complexity index is 2440. The monoisotopic (exact) mass is 830 g/mol. The minimum absolute atomic E-state index is 0. The van der Waals surface area contributed by atoms with Gasteiger partial charge in [-0.05, 0) is 78.5 Å². The van der Waals surface area contributed by atoms with Gasteiger partial charge in [-0.25, -0.2) is 0 Å². The number of hydrogen-bond acceptors (Lipinski definition) is 4. The molecule has 0 fully saturated rings. The fourth-order valence-corrected chi connectivity index (χ4v) is 6.29. The van der Waals surface area contributed by atoms with Crippen molar-refractivity contribution in [2.45, 2.75) is 48.0 Å². The molecule has 0 saturated carbocycles. The Morgan fingerprint density at radius 2 is 1.46 bits per heavy atom. The SMILES string of the molecule is CC(C)(C)Cc1ccnc(-c2[c-]ccc3c2oc2c4cccnc4ccc32)c1.Cc1cnc(-c2[c-]cc(C)c(-c3ccccc3)c2)cc1C.[Ir]. The Morgan fingerprint density at radius 3 is 2.24 bits per heavy atom. The molecule has 0 bridgehead atoms. The predicted molar refractivity (Wildman–Crippen MR) is 202 cm³/mol. The summed E-state index contributed by atoms with van der Waals surface area (Å²) in [7, 11) is 0. The van der Waals surface area contributed by atoms with Gasteiger partial charge in [0.25, 0.3) is 0 Å². The normalized spacial score (nSPS) is 11.3. The quantitative estimate of drug-likeness (QED) is 0.166. The van der Waals surface area contributed by atoms with Crippen molar-refractivity contribution < 1.29 is 24.5 Å². The van der Waals surface area contributed by atoms with E-state index in [1.54, 1.807) is 6.20 Å². The maximum atomic E-state index is 6.38. The third-order valence-corrected chi connectivity index (χ3v) is 8.89. The molecule has 0 unspecified atom stereocenters. The number of pyridine rings is 3. The van der Waals surface area contributed by atoms with Crippen molar-refractivity contribution in [3.8, 4) is 33.6 Å². The Hall–Kier alpha value is -4.96. The summed E-state index contributed by atoms with van der Waals surface area (Å²) in [6.07, 6.45) is 6.61. The average Bonchev–Trinajstić information content (AvgIpc) is 3.49. The first-order valence-electron chi connectivity index (χ1n) is 16.7. The van der Waals surface area contributed by atoms with Gasteiger partial charge in [0.15, 0.2) is 0 Å². The molecule has 5 heteroatoms. The maximum absolute atomic E-state index is 6.38. The molecule has 50 heavy (non-hydrogen) atoms. The Balaban J connectivity index is 0.000000177. The third-order valence-electron chi connectivity index (χ3n) is 8.89. The topological polar surface area (TPSA) is 51.8 Å². The summed E-state index contributed by atoms with van der Waals surface area (Å²) >= 11 is 0. The zero-order valence-corrected chi connectivity index (χ0v) is 31.7.